The van der Waals surface area contributed by atoms with Crippen LogP contribution in [0.1, 0.15) is 26.7 Å². The van der Waals surface area contributed by atoms with E-state index in [9.17, 15) is 13.9 Å². The quantitative estimate of drug-likeness (QED) is 0.651. The molecule has 1 nitrogen and oxygen atoms in total. The predicted molar refractivity (Wildman–Crippen MR) is 43.4 cm³/mol. The van der Waals surface area contributed by atoms with Gasteiger partial charge in [-0.1, -0.05) is 13.8 Å². The molecular formula is C9H16F2O. The average molecular weight is 178 g/mol. The summed E-state index contributed by atoms with van der Waals surface area (Å²) in [4.78, 5) is 0. The fraction of sp³-hybridized carbons (Fsp3) is 1.00. The second-order valence-corrected chi connectivity index (χ2v) is 3.98. The van der Waals surface area contributed by atoms with Gasteiger partial charge >= 0.3 is 0 Å². The summed E-state index contributed by atoms with van der Waals surface area (Å²) >= 11 is 0. The first kappa shape index (κ1) is 9.90. The Balaban J connectivity index is 2.55. The van der Waals surface area contributed by atoms with E-state index in [4.69, 9.17) is 0 Å². The highest BCUT2D eigenvalue weighted by Crippen LogP contribution is 2.33. The second-order valence-electron chi connectivity index (χ2n) is 3.98. The van der Waals surface area contributed by atoms with Gasteiger partial charge in [0.25, 0.3) is 0 Å². The molecule has 1 rings (SSSR count). The molecule has 1 N–H and O–H groups in total. The molecule has 1 fully saturated rings. The molecule has 0 heterocycles. The molecule has 0 aromatic rings. The summed E-state index contributed by atoms with van der Waals surface area (Å²) < 4.78 is 25.6. The van der Waals surface area contributed by atoms with Gasteiger partial charge in [-0.25, -0.2) is 8.78 Å². The highest BCUT2D eigenvalue weighted by atomic mass is 19.2. The van der Waals surface area contributed by atoms with Gasteiger partial charge in [-0.15, -0.1) is 0 Å². The van der Waals surface area contributed by atoms with E-state index in [0.29, 0.717) is 0 Å². The van der Waals surface area contributed by atoms with Crippen LogP contribution in [0.2, 0.25) is 0 Å². The molecule has 0 aromatic heterocycles. The Kier molecular flexibility index (Phi) is 3.04. The molecule has 0 unspecified atom stereocenters. The monoisotopic (exact) mass is 178 g/mol. The van der Waals surface area contributed by atoms with Gasteiger partial charge in [0.1, 0.15) is 12.3 Å². The van der Waals surface area contributed by atoms with Crippen LogP contribution < -0.4 is 0 Å². The third kappa shape index (κ3) is 1.94. The Labute approximate surface area is 71.8 Å². The number of hydrogen-bond acceptors (Lipinski definition) is 1. The lowest BCUT2D eigenvalue weighted by Crippen LogP contribution is -2.39. The van der Waals surface area contributed by atoms with Crippen molar-refractivity contribution in [2.75, 3.05) is 0 Å². The van der Waals surface area contributed by atoms with Crippen molar-refractivity contribution in [2.45, 2.75) is 45.1 Å². The summed E-state index contributed by atoms with van der Waals surface area (Å²) in [5.74, 6) is 0.151. The van der Waals surface area contributed by atoms with E-state index in [-0.39, 0.29) is 24.7 Å². The second kappa shape index (κ2) is 3.69. The minimum absolute atomic E-state index is 0.0377. The zero-order chi connectivity index (χ0) is 9.30. The van der Waals surface area contributed by atoms with Crippen molar-refractivity contribution in [3.63, 3.8) is 0 Å². The largest absolute Gasteiger partial charge is 0.393 e. The normalized spacial score (nSPS) is 43.5. The van der Waals surface area contributed by atoms with Crippen molar-refractivity contribution in [3.8, 4) is 0 Å². The third-order valence-corrected chi connectivity index (χ3v) is 2.71. The first-order chi connectivity index (χ1) is 5.52. The van der Waals surface area contributed by atoms with Crippen LogP contribution in [0.4, 0.5) is 8.78 Å². The average Bonchev–Trinajstić information content (AvgIpc) is 1.96. The van der Waals surface area contributed by atoms with Crippen LogP contribution in [-0.4, -0.2) is 23.6 Å². The zero-order valence-corrected chi connectivity index (χ0v) is 7.50. The summed E-state index contributed by atoms with van der Waals surface area (Å²) in [5.41, 5.74) is 0. The molecule has 12 heavy (non-hydrogen) atoms. The topological polar surface area (TPSA) is 20.2 Å². The molecule has 1 aliphatic rings. The van der Waals surface area contributed by atoms with E-state index in [0.717, 1.165) is 0 Å². The number of rotatable bonds is 1. The molecule has 4 atom stereocenters. The molecule has 0 aliphatic heterocycles. The van der Waals surface area contributed by atoms with Crippen molar-refractivity contribution < 1.29 is 13.9 Å². The molecular weight excluding hydrogens is 162 g/mol. The number of hydrogen-bond donors (Lipinski definition) is 1. The van der Waals surface area contributed by atoms with Crippen LogP contribution in [0.25, 0.3) is 0 Å². The third-order valence-electron chi connectivity index (χ3n) is 2.71. The molecule has 0 saturated heterocycles. The van der Waals surface area contributed by atoms with E-state index in [1.54, 1.807) is 0 Å². The minimum Gasteiger partial charge on any atom is -0.393 e. The van der Waals surface area contributed by atoms with Crippen molar-refractivity contribution in [3.05, 3.63) is 0 Å². The molecule has 1 aliphatic carbocycles. The van der Waals surface area contributed by atoms with Gasteiger partial charge in [-0.05, 0) is 18.3 Å². The number of alkyl halides is 2. The van der Waals surface area contributed by atoms with Crippen LogP contribution in [0, 0.1) is 11.8 Å². The summed E-state index contributed by atoms with van der Waals surface area (Å²) in [6.07, 6.45) is -3.37. The molecule has 0 amide bonds. The summed E-state index contributed by atoms with van der Waals surface area (Å²) in [6.45, 7) is 3.86. The van der Waals surface area contributed by atoms with Crippen LogP contribution in [-0.2, 0) is 0 Å². The maximum atomic E-state index is 12.9. The van der Waals surface area contributed by atoms with E-state index in [1.165, 1.54) is 0 Å². The Hall–Kier alpha value is -0.180. The van der Waals surface area contributed by atoms with Crippen LogP contribution >= 0.6 is 0 Å². The molecule has 72 valence electrons. The highest BCUT2D eigenvalue weighted by molar-refractivity contribution is 4.87. The van der Waals surface area contributed by atoms with E-state index in [2.05, 4.69) is 0 Å². The van der Waals surface area contributed by atoms with Gasteiger partial charge in [-0.3, -0.25) is 0 Å². The molecule has 0 spiro atoms. The first-order valence-corrected chi connectivity index (χ1v) is 4.48. The Morgan fingerprint density at radius 2 is 1.67 bits per heavy atom. The Morgan fingerprint density at radius 1 is 1.17 bits per heavy atom. The maximum absolute atomic E-state index is 12.9. The van der Waals surface area contributed by atoms with Crippen LogP contribution in [0.5, 0.6) is 0 Å². The van der Waals surface area contributed by atoms with E-state index < -0.39 is 18.4 Å². The van der Waals surface area contributed by atoms with Crippen molar-refractivity contribution >= 4 is 0 Å². The summed E-state index contributed by atoms with van der Waals surface area (Å²) in [6, 6.07) is 0. The smallest absolute Gasteiger partial charge is 0.134 e. The molecule has 3 heteroatoms. The van der Waals surface area contributed by atoms with Crippen molar-refractivity contribution in [1.82, 2.24) is 0 Å². The fourth-order valence-corrected chi connectivity index (χ4v) is 1.83. The molecule has 0 radical (unpaired) electrons. The van der Waals surface area contributed by atoms with Crippen LogP contribution in [0.15, 0.2) is 0 Å². The first-order valence-electron chi connectivity index (χ1n) is 4.48. The molecule has 1 saturated carbocycles. The molecule has 0 aromatic carbocycles. The number of halogens is 2. The van der Waals surface area contributed by atoms with Crippen LogP contribution in [0.3, 0.4) is 0 Å². The lowest BCUT2D eigenvalue weighted by atomic mass is 9.78. The van der Waals surface area contributed by atoms with Gasteiger partial charge in [0.05, 0.1) is 6.10 Å². The van der Waals surface area contributed by atoms with Crippen molar-refractivity contribution in [2.24, 2.45) is 11.8 Å². The highest BCUT2D eigenvalue weighted by Gasteiger charge is 2.37. The minimum atomic E-state index is -1.46. The lowest BCUT2D eigenvalue weighted by molar-refractivity contribution is -0.0275. The predicted octanol–water partition coefficient (Wildman–Crippen LogP) is 2.09. The standard InChI is InChI=1S/C9H16F2O/c1-5(2)6-3-7(10)8(11)4-9(6)12/h5-9,12H,3-4H2,1-2H3/t6-,7+,8-,9-/m1/s1. The zero-order valence-electron chi connectivity index (χ0n) is 7.50. The number of aliphatic hydroxyl groups is 1. The summed E-state index contributed by atoms with van der Waals surface area (Å²) in [5, 5.41) is 9.42. The lowest BCUT2D eigenvalue weighted by Gasteiger charge is -2.34. The van der Waals surface area contributed by atoms with Crippen molar-refractivity contribution in [1.29, 1.82) is 0 Å². The van der Waals surface area contributed by atoms with E-state index in [1.807, 2.05) is 13.8 Å². The Morgan fingerprint density at radius 3 is 2.17 bits per heavy atom. The van der Waals surface area contributed by atoms with Gasteiger partial charge in [0.15, 0.2) is 0 Å². The molecule has 0 bridgehead atoms. The van der Waals surface area contributed by atoms with Gasteiger partial charge in [0, 0.05) is 6.42 Å². The number of aliphatic hydroxyl groups excluding tert-OH is 1. The van der Waals surface area contributed by atoms with Gasteiger partial charge in [0.2, 0.25) is 0 Å². The van der Waals surface area contributed by atoms with Gasteiger partial charge in [-0.2, -0.15) is 0 Å². The SMILES string of the molecule is CC(C)[C@H]1C[C@H](F)[C@H](F)C[C@H]1O. The van der Waals surface area contributed by atoms with Gasteiger partial charge < -0.3 is 5.11 Å². The Bertz CT molecular complexity index is 149. The fourth-order valence-electron chi connectivity index (χ4n) is 1.83. The van der Waals surface area contributed by atoms with E-state index >= 15 is 0 Å². The maximum Gasteiger partial charge on any atom is 0.134 e. The summed E-state index contributed by atoms with van der Waals surface area (Å²) in [7, 11) is 0.